The minimum absolute atomic E-state index is 0.0805. The van der Waals surface area contributed by atoms with Gasteiger partial charge in [-0.05, 0) is 148 Å². The lowest BCUT2D eigenvalue weighted by molar-refractivity contribution is -0.159. The molecule has 0 amide bonds. The summed E-state index contributed by atoms with van der Waals surface area (Å²) in [5.74, 6) is -0.166. The van der Waals surface area contributed by atoms with E-state index in [1.54, 1.807) is 0 Å². The van der Waals surface area contributed by atoms with Crippen LogP contribution in [0, 0.1) is 0 Å². The summed E-state index contributed by atoms with van der Waals surface area (Å²) >= 11 is 0. The number of esters is 1. The molecule has 0 unspecified atom stereocenters. The van der Waals surface area contributed by atoms with Crippen molar-refractivity contribution in [3.63, 3.8) is 0 Å². The summed E-state index contributed by atoms with van der Waals surface area (Å²) in [6.45, 7) is 15.0. The molecule has 8 heteroatoms. The monoisotopic (exact) mass is 848 g/mol. The van der Waals surface area contributed by atoms with Crippen LogP contribution in [0.25, 0.3) is 0 Å². The number of hydrogen-bond donors (Lipinski definition) is 1. The molecule has 0 spiro atoms. The van der Waals surface area contributed by atoms with Crippen molar-refractivity contribution in [3.8, 4) is 0 Å². The lowest BCUT2D eigenvalue weighted by Gasteiger charge is -2.21. The van der Waals surface area contributed by atoms with Gasteiger partial charge in [0.15, 0.2) is 12.6 Å². The van der Waals surface area contributed by atoms with E-state index in [1.165, 1.54) is 32.1 Å². The average Bonchev–Trinajstić information content (AvgIpc) is 3.25. The van der Waals surface area contributed by atoms with Crippen molar-refractivity contribution in [1.82, 2.24) is 4.90 Å². The molecule has 0 bridgehead atoms. The molecular formula is C52H97NO7. The summed E-state index contributed by atoms with van der Waals surface area (Å²) in [6.07, 6.45) is 46.8. The Hall–Kier alpha value is -1.81. The van der Waals surface area contributed by atoms with E-state index in [2.05, 4.69) is 81.2 Å². The summed E-state index contributed by atoms with van der Waals surface area (Å²) in [5, 5.41) is 9.66. The molecular weight excluding hydrogens is 751 g/mol. The van der Waals surface area contributed by atoms with Crippen LogP contribution in [0.5, 0.6) is 0 Å². The van der Waals surface area contributed by atoms with E-state index in [1.807, 2.05) is 0 Å². The second kappa shape index (κ2) is 49.8. The Labute approximate surface area is 371 Å². The Morgan fingerprint density at radius 3 is 1.22 bits per heavy atom. The first kappa shape index (κ1) is 58.2. The van der Waals surface area contributed by atoms with Crippen molar-refractivity contribution < 1.29 is 33.6 Å². The molecule has 0 aliphatic carbocycles. The van der Waals surface area contributed by atoms with Gasteiger partial charge in [0.05, 0.1) is 19.6 Å². The molecule has 0 aliphatic heterocycles. The van der Waals surface area contributed by atoms with Gasteiger partial charge in [0.2, 0.25) is 0 Å². The zero-order valence-electron chi connectivity index (χ0n) is 39.8. The summed E-state index contributed by atoms with van der Waals surface area (Å²) in [5.41, 5.74) is 0. The molecule has 0 atom stereocenters. The van der Waals surface area contributed by atoms with E-state index in [9.17, 15) is 9.90 Å². The van der Waals surface area contributed by atoms with Crippen LogP contribution >= 0.6 is 0 Å². The summed E-state index contributed by atoms with van der Waals surface area (Å²) in [4.78, 5) is 14.9. The third-order valence-corrected chi connectivity index (χ3v) is 10.4. The zero-order chi connectivity index (χ0) is 43.7. The fraction of sp³-hybridized carbons (Fsp3) is 0.827. The van der Waals surface area contributed by atoms with E-state index >= 15 is 0 Å². The second-order valence-corrected chi connectivity index (χ2v) is 16.1. The summed E-state index contributed by atoms with van der Waals surface area (Å²) in [6, 6.07) is 0. The van der Waals surface area contributed by atoms with Crippen LogP contribution in [0.4, 0.5) is 0 Å². The molecule has 0 aromatic rings. The number of ether oxygens (including phenoxy) is 5. The highest BCUT2D eigenvalue weighted by Crippen LogP contribution is 2.15. The molecule has 0 aromatic carbocycles. The van der Waals surface area contributed by atoms with Crippen molar-refractivity contribution in [2.24, 2.45) is 0 Å². The van der Waals surface area contributed by atoms with E-state index in [-0.39, 0.29) is 25.2 Å². The number of unbranched alkanes of at least 4 members (excludes halogenated alkanes) is 15. The second-order valence-electron chi connectivity index (χ2n) is 16.1. The topological polar surface area (TPSA) is 86.7 Å². The highest BCUT2D eigenvalue weighted by molar-refractivity contribution is 5.69. The lowest BCUT2D eigenvalue weighted by atomic mass is 10.1. The van der Waals surface area contributed by atoms with Crippen LogP contribution in [0.15, 0.2) is 48.6 Å². The van der Waals surface area contributed by atoms with Crippen LogP contribution in [-0.2, 0) is 28.5 Å². The van der Waals surface area contributed by atoms with Gasteiger partial charge in [-0.3, -0.25) is 4.79 Å². The number of allylic oxidation sites excluding steroid dienone is 8. The normalized spacial score (nSPS) is 12.4. The summed E-state index contributed by atoms with van der Waals surface area (Å²) in [7, 11) is 0. The van der Waals surface area contributed by atoms with Crippen LogP contribution in [0.2, 0.25) is 0 Å². The van der Waals surface area contributed by atoms with Gasteiger partial charge in [-0.2, -0.15) is 0 Å². The Kier molecular flexibility index (Phi) is 48.3. The number of hydrogen-bond acceptors (Lipinski definition) is 8. The molecule has 0 rings (SSSR count). The zero-order valence-corrected chi connectivity index (χ0v) is 39.8. The first-order valence-corrected chi connectivity index (χ1v) is 25.2. The Balaban J connectivity index is 4.26. The van der Waals surface area contributed by atoms with Crippen molar-refractivity contribution in [1.29, 1.82) is 0 Å². The number of rotatable bonds is 48. The fourth-order valence-electron chi connectivity index (χ4n) is 6.82. The average molecular weight is 848 g/mol. The van der Waals surface area contributed by atoms with Gasteiger partial charge in [0, 0.05) is 39.4 Å². The molecule has 0 radical (unpaired) electrons. The minimum atomic E-state index is -0.356. The first-order chi connectivity index (χ1) is 29.6. The van der Waals surface area contributed by atoms with Crippen LogP contribution in [0.3, 0.4) is 0 Å². The van der Waals surface area contributed by atoms with Gasteiger partial charge in [-0.1, -0.05) is 108 Å². The molecule has 0 fully saturated rings. The fourth-order valence-corrected chi connectivity index (χ4v) is 6.82. The molecule has 0 aromatic heterocycles. The van der Waals surface area contributed by atoms with Gasteiger partial charge < -0.3 is 33.7 Å². The van der Waals surface area contributed by atoms with E-state index in [0.29, 0.717) is 32.7 Å². The van der Waals surface area contributed by atoms with Crippen molar-refractivity contribution in [2.75, 3.05) is 59.3 Å². The number of nitrogens with zero attached hydrogens (tertiary/aromatic N) is 1. The van der Waals surface area contributed by atoms with Gasteiger partial charge >= 0.3 is 5.97 Å². The number of carbonyl (C=O) groups excluding carboxylic acids is 1. The molecule has 8 nitrogen and oxygen atoms in total. The van der Waals surface area contributed by atoms with Gasteiger partial charge in [-0.25, -0.2) is 0 Å². The molecule has 0 heterocycles. The maximum absolute atomic E-state index is 12.5. The predicted molar refractivity (Wildman–Crippen MR) is 254 cm³/mol. The maximum atomic E-state index is 12.5. The largest absolute Gasteiger partial charge is 0.466 e. The molecule has 60 heavy (non-hydrogen) atoms. The highest BCUT2D eigenvalue weighted by atomic mass is 16.7. The van der Waals surface area contributed by atoms with E-state index in [0.717, 1.165) is 168 Å². The van der Waals surface area contributed by atoms with Crippen molar-refractivity contribution in [2.45, 2.75) is 220 Å². The third kappa shape index (κ3) is 44.3. The molecule has 352 valence electrons. The quantitative estimate of drug-likeness (QED) is 0.0280. The lowest BCUT2D eigenvalue weighted by Crippen LogP contribution is -2.29. The highest BCUT2D eigenvalue weighted by Gasteiger charge is 2.14. The molecule has 1 N–H and O–H groups in total. The van der Waals surface area contributed by atoms with Gasteiger partial charge in [-0.15, -0.1) is 0 Å². The van der Waals surface area contributed by atoms with Gasteiger partial charge in [0.25, 0.3) is 0 Å². The van der Waals surface area contributed by atoms with Crippen molar-refractivity contribution in [3.05, 3.63) is 48.6 Å². The first-order valence-electron chi connectivity index (χ1n) is 25.2. The Morgan fingerprint density at radius 2 is 0.800 bits per heavy atom. The molecule has 0 saturated heterocycles. The number of carbonyl (C=O) groups is 1. The third-order valence-electron chi connectivity index (χ3n) is 10.4. The van der Waals surface area contributed by atoms with Crippen LogP contribution < -0.4 is 0 Å². The standard InChI is InChI=1S/C52H97NO7/c1-5-9-13-17-25-34-46-57-51(58-47-35-26-18-14-10-6-2)38-30-22-21-23-31-41-53(43-44-54)42-32-24-29-33-45-56-50(55)39-40-52(59-48-36-27-19-15-11-7-3)60-49-37-28-20-16-12-8-4/h9-16,51-52,54H,5-8,17-49H2,1-4H3/b13-9-,14-10-,15-11-,16-12-. The summed E-state index contributed by atoms with van der Waals surface area (Å²) < 4.78 is 30.1. The smallest absolute Gasteiger partial charge is 0.305 e. The molecule has 0 aliphatic rings. The minimum Gasteiger partial charge on any atom is -0.466 e. The van der Waals surface area contributed by atoms with E-state index < -0.39 is 0 Å². The van der Waals surface area contributed by atoms with E-state index in [4.69, 9.17) is 23.7 Å². The predicted octanol–water partition coefficient (Wildman–Crippen LogP) is 13.8. The Bertz CT molecular complexity index is 935. The number of aliphatic hydroxyl groups is 1. The SMILES string of the molecule is CC/C=C\CCCCOC(CCCCCCCN(CCO)CCCCCCOC(=O)CCC(OCCCC/C=C\CC)OCCCC/C=C\CC)OCCCC/C=C\CC. The molecule has 0 saturated carbocycles. The van der Waals surface area contributed by atoms with Crippen LogP contribution in [0.1, 0.15) is 207 Å². The Morgan fingerprint density at radius 1 is 0.433 bits per heavy atom. The van der Waals surface area contributed by atoms with Gasteiger partial charge in [0.1, 0.15) is 0 Å². The van der Waals surface area contributed by atoms with Crippen molar-refractivity contribution >= 4 is 5.97 Å². The maximum Gasteiger partial charge on any atom is 0.305 e. The van der Waals surface area contributed by atoms with Crippen LogP contribution in [-0.4, -0.2) is 87.8 Å². The number of aliphatic hydroxyl groups excluding tert-OH is 1.